The molecule has 1 N–H and O–H groups in total. The van der Waals surface area contributed by atoms with E-state index in [1.165, 1.54) is 4.90 Å². The third-order valence-electron chi connectivity index (χ3n) is 4.21. The van der Waals surface area contributed by atoms with Crippen LogP contribution in [-0.2, 0) is 16.1 Å². The maximum Gasteiger partial charge on any atom is 0.233 e. The first-order valence-electron chi connectivity index (χ1n) is 6.06. The molecule has 1 aromatic rings. The van der Waals surface area contributed by atoms with Gasteiger partial charge in [-0.3, -0.25) is 14.5 Å². The molecule has 1 heterocycles. The molecule has 1 saturated carbocycles. The molecular weight excluding hydrogens is 230 g/mol. The van der Waals surface area contributed by atoms with Crippen LogP contribution in [0.1, 0.15) is 19.4 Å². The second-order valence-corrected chi connectivity index (χ2v) is 5.67. The van der Waals surface area contributed by atoms with Gasteiger partial charge in [0.05, 0.1) is 18.4 Å². The lowest BCUT2D eigenvalue weighted by Gasteiger charge is -2.20. The maximum atomic E-state index is 12.1. The largest absolute Gasteiger partial charge is 0.508 e. The van der Waals surface area contributed by atoms with E-state index < -0.39 is 0 Å². The van der Waals surface area contributed by atoms with Crippen LogP contribution < -0.4 is 0 Å². The molecular formula is C14H15NO3. The standard InChI is InChI=1S/C14H15NO3/c1-14(2)10-11(14)13(18)15(12(10)17)7-8-5-3-4-6-9(8)16/h3-6,10-11,16H,7H2,1-2H3. The number of imide groups is 1. The molecule has 3 rings (SSSR count). The average Bonchev–Trinajstić information content (AvgIpc) is 2.78. The third kappa shape index (κ3) is 1.32. The van der Waals surface area contributed by atoms with Gasteiger partial charge in [0.1, 0.15) is 5.75 Å². The molecule has 1 saturated heterocycles. The number of benzene rings is 1. The number of hydrogen-bond acceptors (Lipinski definition) is 3. The molecule has 4 nitrogen and oxygen atoms in total. The normalized spacial score (nSPS) is 28.4. The highest BCUT2D eigenvalue weighted by molar-refractivity contribution is 6.10. The lowest BCUT2D eigenvalue weighted by Crippen LogP contribution is -2.35. The van der Waals surface area contributed by atoms with E-state index in [4.69, 9.17) is 0 Å². The van der Waals surface area contributed by atoms with Crippen molar-refractivity contribution in [1.29, 1.82) is 0 Å². The van der Waals surface area contributed by atoms with E-state index in [0.29, 0.717) is 5.56 Å². The molecule has 2 atom stereocenters. The number of likely N-dealkylation sites (tertiary alicyclic amines) is 1. The van der Waals surface area contributed by atoms with Crippen molar-refractivity contribution in [3.8, 4) is 5.75 Å². The van der Waals surface area contributed by atoms with Gasteiger partial charge in [0.2, 0.25) is 11.8 Å². The van der Waals surface area contributed by atoms with Gasteiger partial charge in [0.15, 0.2) is 0 Å². The predicted octanol–water partition coefficient (Wildman–Crippen LogP) is 1.53. The number of rotatable bonds is 2. The topological polar surface area (TPSA) is 57.6 Å². The molecule has 0 spiro atoms. The van der Waals surface area contributed by atoms with Crippen molar-refractivity contribution in [3.63, 3.8) is 0 Å². The van der Waals surface area contributed by atoms with Crippen LogP contribution in [0.4, 0.5) is 0 Å². The number of piperidine rings is 1. The average molecular weight is 245 g/mol. The summed E-state index contributed by atoms with van der Waals surface area (Å²) in [5.41, 5.74) is 0.432. The number of carbonyl (C=O) groups is 2. The quantitative estimate of drug-likeness (QED) is 0.804. The van der Waals surface area contributed by atoms with Gasteiger partial charge in [-0.15, -0.1) is 0 Å². The summed E-state index contributed by atoms with van der Waals surface area (Å²) >= 11 is 0. The fourth-order valence-electron chi connectivity index (χ4n) is 2.97. The minimum Gasteiger partial charge on any atom is -0.508 e. The highest BCUT2D eigenvalue weighted by atomic mass is 16.3. The highest BCUT2D eigenvalue weighted by Crippen LogP contribution is 2.63. The molecule has 2 aliphatic rings. The molecule has 0 aromatic heterocycles. The first-order valence-corrected chi connectivity index (χ1v) is 6.06. The lowest BCUT2D eigenvalue weighted by atomic mass is 10.0. The third-order valence-corrected chi connectivity index (χ3v) is 4.21. The van der Waals surface area contributed by atoms with Gasteiger partial charge in [0, 0.05) is 5.56 Å². The van der Waals surface area contributed by atoms with Crippen LogP contribution in [0.3, 0.4) is 0 Å². The Kier molecular flexibility index (Phi) is 2.09. The molecule has 2 amide bonds. The second kappa shape index (κ2) is 3.34. The predicted molar refractivity (Wildman–Crippen MR) is 64.4 cm³/mol. The van der Waals surface area contributed by atoms with Gasteiger partial charge >= 0.3 is 0 Å². The van der Waals surface area contributed by atoms with Crippen molar-refractivity contribution >= 4 is 11.8 Å². The minimum atomic E-state index is -0.177. The van der Waals surface area contributed by atoms with Crippen molar-refractivity contribution < 1.29 is 14.7 Å². The summed E-state index contributed by atoms with van der Waals surface area (Å²) in [6.07, 6.45) is 0. The van der Waals surface area contributed by atoms with Crippen LogP contribution in [-0.4, -0.2) is 21.8 Å². The van der Waals surface area contributed by atoms with Crippen LogP contribution >= 0.6 is 0 Å². The zero-order chi connectivity index (χ0) is 13.1. The van der Waals surface area contributed by atoms with E-state index >= 15 is 0 Å². The molecule has 1 aliphatic carbocycles. The van der Waals surface area contributed by atoms with Crippen molar-refractivity contribution in [3.05, 3.63) is 29.8 Å². The number of fused-ring (bicyclic) bond motifs is 1. The SMILES string of the molecule is CC1(C)C2C(=O)N(Cc3ccccc3O)C(=O)C21. The number of aromatic hydroxyl groups is 1. The number of amides is 2. The Labute approximate surface area is 105 Å². The maximum absolute atomic E-state index is 12.1. The van der Waals surface area contributed by atoms with E-state index in [1.54, 1.807) is 24.3 Å². The zero-order valence-corrected chi connectivity index (χ0v) is 10.4. The van der Waals surface area contributed by atoms with Gasteiger partial charge in [-0.1, -0.05) is 32.0 Å². The molecule has 0 bridgehead atoms. The number of carbonyl (C=O) groups excluding carboxylic acids is 2. The Morgan fingerprint density at radius 3 is 2.28 bits per heavy atom. The summed E-state index contributed by atoms with van der Waals surface area (Å²) in [7, 11) is 0. The van der Waals surface area contributed by atoms with E-state index in [-0.39, 0.29) is 41.4 Å². The van der Waals surface area contributed by atoms with Crippen molar-refractivity contribution in [1.82, 2.24) is 4.90 Å². The number of phenols is 1. The van der Waals surface area contributed by atoms with Gasteiger partial charge in [-0.25, -0.2) is 0 Å². The summed E-state index contributed by atoms with van der Waals surface area (Å²) < 4.78 is 0. The van der Waals surface area contributed by atoms with E-state index in [0.717, 1.165) is 0 Å². The highest BCUT2D eigenvalue weighted by Gasteiger charge is 2.72. The molecule has 1 aromatic carbocycles. The van der Waals surface area contributed by atoms with Gasteiger partial charge in [-0.05, 0) is 11.5 Å². The number of para-hydroxylation sites is 1. The lowest BCUT2D eigenvalue weighted by molar-refractivity contribution is -0.143. The number of phenolic OH excluding ortho intramolecular Hbond substituents is 1. The van der Waals surface area contributed by atoms with Gasteiger partial charge in [-0.2, -0.15) is 0 Å². The molecule has 4 heteroatoms. The Morgan fingerprint density at radius 2 is 1.72 bits per heavy atom. The van der Waals surface area contributed by atoms with Gasteiger partial charge in [0.25, 0.3) is 0 Å². The number of nitrogens with zero attached hydrogens (tertiary/aromatic N) is 1. The smallest absolute Gasteiger partial charge is 0.233 e. The summed E-state index contributed by atoms with van der Waals surface area (Å²) in [5, 5.41) is 9.67. The number of hydrogen-bond donors (Lipinski definition) is 1. The first kappa shape index (κ1) is 11.3. The van der Waals surface area contributed by atoms with Crippen molar-refractivity contribution in [2.45, 2.75) is 20.4 Å². The summed E-state index contributed by atoms with van der Waals surface area (Å²) in [6.45, 7) is 4.08. The van der Waals surface area contributed by atoms with E-state index in [2.05, 4.69) is 0 Å². The molecule has 0 radical (unpaired) electrons. The minimum absolute atomic E-state index is 0.0988. The molecule has 94 valence electrons. The summed E-state index contributed by atoms with van der Waals surface area (Å²) in [5.74, 6) is -0.388. The van der Waals surface area contributed by atoms with Crippen molar-refractivity contribution in [2.75, 3.05) is 0 Å². The van der Waals surface area contributed by atoms with Crippen molar-refractivity contribution in [2.24, 2.45) is 17.3 Å². The van der Waals surface area contributed by atoms with Crippen LogP contribution in [0, 0.1) is 17.3 Å². The second-order valence-electron chi connectivity index (χ2n) is 5.67. The summed E-state index contributed by atoms with van der Waals surface area (Å²) in [4.78, 5) is 25.5. The van der Waals surface area contributed by atoms with Crippen LogP contribution in [0.2, 0.25) is 0 Å². The zero-order valence-electron chi connectivity index (χ0n) is 10.4. The fraction of sp³-hybridized carbons (Fsp3) is 0.429. The molecule has 2 unspecified atom stereocenters. The van der Waals surface area contributed by atoms with Gasteiger partial charge < -0.3 is 5.11 Å². The first-order chi connectivity index (χ1) is 8.44. The Balaban J connectivity index is 1.83. The fourth-order valence-corrected chi connectivity index (χ4v) is 2.97. The van der Waals surface area contributed by atoms with Crippen LogP contribution in [0.25, 0.3) is 0 Å². The van der Waals surface area contributed by atoms with E-state index in [1.807, 2.05) is 13.8 Å². The Hall–Kier alpha value is -1.84. The molecule has 2 fully saturated rings. The Bertz CT molecular complexity index is 526. The van der Waals surface area contributed by atoms with Crippen LogP contribution in [0.15, 0.2) is 24.3 Å². The molecule has 1 aliphatic heterocycles. The monoisotopic (exact) mass is 245 g/mol. The molecule has 18 heavy (non-hydrogen) atoms. The van der Waals surface area contributed by atoms with Crippen LogP contribution in [0.5, 0.6) is 5.75 Å². The van der Waals surface area contributed by atoms with E-state index in [9.17, 15) is 14.7 Å². The summed E-state index contributed by atoms with van der Waals surface area (Å²) in [6, 6.07) is 6.79. The Morgan fingerprint density at radius 1 is 1.17 bits per heavy atom.